The molecular formula is C8H10N2O4S. The van der Waals surface area contributed by atoms with Crippen molar-refractivity contribution < 1.29 is 13.3 Å². The van der Waals surface area contributed by atoms with Gasteiger partial charge in [-0.05, 0) is 6.42 Å². The quantitative estimate of drug-likeness (QED) is 0.598. The summed E-state index contributed by atoms with van der Waals surface area (Å²) < 4.78 is 21.4. The first-order valence-electron chi connectivity index (χ1n) is 4.13. The number of hydrogen-bond acceptors (Lipinski definition) is 4. The van der Waals surface area contributed by atoms with Crippen molar-refractivity contribution in [1.82, 2.24) is 0 Å². The lowest BCUT2D eigenvalue weighted by Gasteiger charge is -2.01. The van der Waals surface area contributed by atoms with Crippen LogP contribution in [-0.2, 0) is 16.4 Å². The summed E-state index contributed by atoms with van der Waals surface area (Å²) in [7, 11) is -3.59. The minimum atomic E-state index is -3.59. The fraction of sp³-hybridized carbons (Fsp3) is 0.250. The van der Waals surface area contributed by atoms with Crippen molar-refractivity contribution in [2.75, 3.05) is 5.75 Å². The standard InChI is InChI=1S/C8H10N2O4S/c9-15(13,14)6-5-7-3-1-2-4-8(7)10(11)12/h1-4H,5-6H2,(H2,9,13,14). The Morgan fingerprint density at radius 2 is 1.93 bits per heavy atom. The first-order chi connectivity index (χ1) is 6.90. The van der Waals surface area contributed by atoms with Crippen molar-refractivity contribution in [2.45, 2.75) is 6.42 Å². The number of nitrogens with two attached hydrogens (primary N) is 1. The fourth-order valence-corrected chi connectivity index (χ4v) is 1.66. The van der Waals surface area contributed by atoms with E-state index < -0.39 is 14.9 Å². The number of benzene rings is 1. The molecule has 0 fully saturated rings. The van der Waals surface area contributed by atoms with Crippen molar-refractivity contribution in [2.24, 2.45) is 5.14 Å². The van der Waals surface area contributed by atoms with Crippen LogP contribution in [0.15, 0.2) is 24.3 Å². The maximum absolute atomic E-state index is 10.7. The smallest absolute Gasteiger partial charge is 0.258 e. The lowest BCUT2D eigenvalue weighted by atomic mass is 10.1. The largest absolute Gasteiger partial charge is 0.272 e. The van der Waals surface area contributed by atoms with E-state index >= 15 is 0 Å². The highest BCUT2D eigenvalue weighted by Crippen LogP contribution is 2.18. The van der Waals surface area contributed by atoms with Gasteiger partial charge in [-0.3, -0.25) is 10.1 Å². The zero-order valence-corrected chi connectivity index (χ0v) is 8.61. The Morgan fingerprint density at radius 1 is 1.33 bits per heavy atom. The molecule has 0 aliphatic rings. The Labute approximate surface area is 86.9 Å². The molecule has 0 atom stereocenters. The molecule has 0 unspecified atom stereocenters. The molecule has 6 nitrogen and oxygen atoms in total. The van der Waals surface area contributed by atoms with Crippen LogP contribution < -0.4 is 5.14 Å². The van der Waals surface area contributed by atoms with Crippen molar-refractivity contribution in [3.63, 3.8) is 0 Å². The molecule has 0 saturated carbocycles. The lowest BCUT2D eigenvalue weighted by Crippen LogP contribution is -2.18. The molecule has 0 radical (unpaired) electrons. The van der Waals surface area contributed by atoms with Crippen molar-refractivity contribution in [1.29, 1.82) is 0 Å². The predicted octanol–water partition coefficient (Wildman–Crippen LogP) is 0.426. The number of nitrogens with zero attached hydrogens (tertiary/aromatic N) is 1. The second kappa shape index (κ2) is 4.37. The molecule has 1 aromatic rings. The van der Waals surface area contributed by atoms with E-state index in [1.165, 1.54) is 18.2 Å². The topological polar surface area (TPSA) is 103 Å². The molecule has 1 rings (SSSR count). The fourth-order valence-electron chi connectivity index (χ4n) is 1.15. The number of nitro groups is 1. The van der Waals surface area contributed by atoms with Crippen LogP contribution in [-0.4, -0.2) is 19.1 Å². The van der Waals surface area contributed by atoms with Crippen molar-refractivity contribution >= 4 is 15.7 Å². The molecule has 82 valence electrons. The number of primary sulfonamides is 1. The molecule has 0 heterocycles. The zero-order chi connectivity index (χ0) is 11.5. The molecule has 0 spiro atoms. The van der Waals surface area contributed by atoms with Gasteiger partial charge in [0, 0.05) is 11.6 Å². The highest BCUT2D eigenvalue weighted by molar-refractivity contribution is 7.89. The SMILES string of the molecule is NS(=O)(=O)CCc1ccccc1[N+](=O)[O-]. The summed E-state index contributed by atoms with van der Waals surface area (Å²) in [6.07, 6.45) is 0.0516. The summed E-state index contributed by atoms with van der Waals surface area (Å²) >= 11 is 0. The molecule has 0 aromatic heterocycles. The Morgan fingerprint density at radius 3 is 2.47 bits per heavy atom. The maximum Gasteiger partial charge on any atom is 0.272 e. The zero-order valence-electron chi connectivity index (χ0n) is 7.79. The molecule has 7 heteroatoms. The summed E-state index contributed by atoms with van der Waals surface area (Å²) in [4.78, 5) is 10.0. The normalized spacial score (nSPS) is 11.3. The molecular weight excluding hydrogens is 220 g/mol. The van der Waals surface area contributed by atoms with Gasteiger partial charge in [0.2, 0.25) is 10.0 Å². The van der Waals surface area contributed by atoms with E-state index in [9.17, 15) is 18.5 Å². The van der Waals surface area contributed by atoms with Crippen LogP contribution in [0.3, 0.4) is 0 Å². The van der Waals surface area contributed by atoms with E-state index in [-0.39, 0.29) is 17.9 Å². The van der Waals surface area contributed by atoms with Gasteiger partial charge in [0.15, 0.2) is 0 Å². The number of para-hydroxylation sites is 1. The van der Waals surface area contributed by atoms with Crippen LogP contribution in [0.4, 0.5) is 5.69 Å². The van der Waals surface area contributed by atoms with Crippen LogP contribution in [0.1, 0.15) is 5.56 Å². The predicted molar refractivity (Wildman–Crippen MR) is 54.8 cm³/mol. The van der Waals surface area contributed by atoms with Gasteiger partial charge in [-0.1, -0.05) is 18.2 Å². The summed E-state index contributed by atoms with van der Waals surface area (Å²) in [6.45, 7) is 0. The van der Waals surface area contributed by atoms with Gasteiger partial charge in [-0.15, -0.1) is 0 Å². The van der Waals surface area contributed by atoms with E-state index in [2.05, 4.69) is 0 Å². The van der Waals surface area contributed by atoms with Gasteiger partial charge in [-0.25, -0.2) is 13.6 Å². The van der Waals surface area contributed by atoms with E-state index in [1.807, 2.05) is 0 Å². The summed E-state index contributed by atoms with van der Waals surface area (Å²) in [6, 6.07) is 5.99. The number of sulfonamides is 1. The third-order valence-corrected chi connectivity index (χ3v) is 2.62. The van der Waals surface area contributed by atoms with Gasteiger partial charge in [0.1, 0.15) is 0 Å². The molecule has 2 N–H and O–H groups in total. The molecule has 0 aliphatic heterocycles. The van der Waals surface area contributed by atoms with Crippen molar-refractivity contribution in [3.05, 3.63) is 39.9 Å². The van der Waals surface area contributed by atoms with Crippen LogP contribution in [0.5, 0.6) is 0 Å². The van der Waals surface area contributed by atoms with Gasteiger partial charge >= 0.3 is 0 Å². The molecule has 1 aromatic carbocycles. The highest BCUT2D eigenvalue weighted by atomic mass is 32.2. The van der Waals surface area contributed by atoms with E-state index in [1.54, 1.807) is 6.07 Å². The Hall–Kier alpha value is -1.47. The monoisotopic (exact) mass is 230 g/mol. The Balaban J connectivity index is 2.90. The maximum atomic E-state index is 10.7. The molecule has 0 amide bonds. The third-order valence-electron chi connectivity index (χ3n) is 1.84. The van der Waals surface area contributed by atoms with Crippen LogP contribution in [0.25, 0.3) is 0 Å². The molecule has 0 bridgehead atoms. The van der Waals surface area contributed by atoms with E-state index in [0.717, 1.165) is 0 Å². The highest BCUT2D eigenvalue weighted by Gasteiger charge is 2.13. The number of hydrogen-bond donors (Lipinski definition) is 1. The van der Waals surface area contributed by atoms with E-state index in [4.69, 9.17) is 5.14 Å². The lowest BCUT2D eigenvalue weighted by molar-refractivity contribution is -0.385. The minimum Gasteiger partial charge on any atom is -0.258 e. The van der Waals surface area contributed by atoms with Gasteiger partial charge in [0.25, 0.3) is 5.69 Å². The van der Waals surface area contributed by atoms with Crippen LogP contribution in [0.2, 0.25) is 0 Å². The van der Waals surface area contributed by atoms with Crippen LogP contribution in [0, 0.1) is 10.1 Å². The third kappa shape index (κ3) is 3.64. The van der Waals surface area contributed by atoms with Gasteiger partial charge < -0.3 is 0 Å². The molecule has 0 saturated heterocycles. The first kappa shape index (κ1) is 11.6. The molecule has 0 aliphatic carbocycles. The van der Waals surface area contributed by atoms with Gasteiger partial charge in [0.05, 0.1) is 10.7 Å². The van der Waals surface area contributed by atoms with E-state index in [0.29, 0.717) is 5.56 Å². The number of aryl methyl sites for hydroxylation is 1. The summed E-state index contributed by atoms with van der Waals surface area (Å²) in [5, 5.41) is 15.4. The first-order valence-corrected chi connectivity index (χ1v) is 5.84. The number of rotatable bonds is 4. The van der Waals surface area contributed by atoms with Crippen LogP contribution >= 0.6 is 0 Å². The molecule has 15 heavy (non-hydrogen) atoms. The average molecular weight is 230 g/mol. The summed E-state index contributed by atoms with van der Waals surface area (Å²) in [5.41, 5.74) is 0.290. The Bertz CT molecular complexity index is 469. The van der Waals surface area contributed by atoms with Crippen molar-refractivity contribution in [3.8, 4) is 0 Å². The minimum absolute atomic E-state index is 0.0516. The second-order valence-electron chi connectivity index (χ2n) is 3.00. The number of nitro benzene ring substituents is 1. The van der Waals surface area contributed by atoms with Gasteiger partial charge in [-0.2, -0.15) is 0 Å². The average Bonchev–Trinajstić information content (AvgIpc) is 2.14. The summed E-state index contributed by atoms with van der Waals surface area (Å²) in [5.74, 6) is -0.294. The Kier molecular flexibility index (Phi) is 3.38. The second-order valence-corrected chi connectivity index (χ2v) is 4.74.